The summed E-state index contributed by atoms with van der Waals surface area (Å²) in [5.74, 6) is -0.732. The topological polar surface area (TPSA) is 99.0 Å². The van der Waals surface area contributed by atoms with Gasteiger partial charge in [0, 0.05) is 50.2 Å². The van der Waals surface area contributed by atoms with Gasteiger partial charge in [0.15, 0.2) is 0 Å². The molecule has 0 aliphatic carbocycles. The van der Waals surface area contributed by atoms with Crippen LogP contribution in [-0.4, -0.2) is 76.7 Å². The molecule has 0 saturated carbocycles. The third-order valence-electron chi connectivity index (χ3n) is 7.33. The van der Waals surface area contributed by atoms with Crippen LogP contribution in [0.5, 0.6) is 0 Å². The van der Waals surface area contributed by atoms with E-state index in [4.69, 9.17) is 5.73 Å². The number of nitrogens with zero attached hydrogens (tertiary/aromatic N) is 3. The molecule has 1 aromatic carbocycles. The maximum atomic E-state index is 12.9. The van der Waals surface area contributed by atoms with E-state index in [-0.39, 0.29) is 24.1 Å². The van der Waals surface area contributed by atoms with E-state index in [0.29, 0.717) is 30.6 Å². The number of hydrogen-bond donors (Lipinski definition) is 2. The van der Waals surface area contributed by atoms with Crippen molar-refractivity contribution < 1.29 is 14.4 Å². The van der Waals surface area contributed by atoms with Gasteiger partial charge in [-0.15, -0.1) is 0 Å². The summed E-state index contributed by atoms with van der Waals surface area (Å²) in [5, 5.41) is 2.36. The molecule has 8 nitrogen and oxygen atoms in total. The molecule has 4 heterocycles. The normalized spacial score (nSPS) is 28.3. The van der Waals surface area contributed by atoms with Gasteiger partial charge in [-0.1, -0.05) is 12.1 Å². The molecule has 1 aromatic rings. The molecule has 3 amide bonds. The second-order valence-electron chi connectivity index (χ2n) is 9.44. The third-order valence-corrected chi connectivity index (χ3v) is 7.33. The number of rotatable bonds is 4. The van der Waals surface area contributed by atoms with Crippen LogP contribution in [0.3, 0.4) is 0 Å². The van der Waals surface area contributed by atoms with E-state index < -0.39 is 6.04 Å². The molecule has 4 aliphatic heterocycles. The summed E-state index contributed by atoms with van der Waals surface area (Å²) in [4.78, 5) is 43.2. The van der Waals surface area contributed by atoms with Crippen molar-refractivity contribution in [1.29, 1.82) is 0 Å². The quantitative estimate of drug-likeness (QED) is 0.680. The summed E-state index contributed by atoms with van der Waals surface area (Å²) < 4.78 is 0. The number of fused-ring (bicyclic) bond motifs is 1. The highest BCUT2D eigenvalue weighted by molar-refractivity contribution is 6.05. The molecule has 2 unspecified atom stereocenters. The molecule has 3 saturated heterocycles. The van der Waals surface area contributed by atoms with Crippen LogP contribution in [0.4, 0.5) is 0 Å². The van der Waals surface area contributed by atoms with E-state index in [1.165, 1.54) is 12.0 Å². The summed E-state index contributed by atoms with van der Waals surface area (Å²) in [6.07, 6.45) is 4.06. The van der Waals surface area contributed by atoms with E-state index in [1.807, 2.05) is 12.1 Å². The van der Waals surface area contributed by atoms with Crippen LogP contribution in [-0.2, 0) is 22.7 Å². The number of carbonyl (C=O) groups is 3. The Morgan fingerprint density at radius 1 is 1.03 bits per heavy atom. The Labute approximate surface area is 182 Å². The molecule has 2 atom stereocenters. The lowest BCUT2D eigenvalue weighted by atomic mass is 10.0. The molecule has 0 bridgehead atoms. The van der Waals surface area contributed by atoms with Crippen molar-refractivity contribution in [2.24, 2.45) is 5.73 Å². The maximum Gasteiger partial charge on any atom is 0.255 e. The zero-order chi connectivity index (χ0) is 21.5. The van der Waals surface area contributed by atoms with Crippen LogP contribution in [0, 0.1) is 0 Å². The first-order valence-electron chi connectivity index (χ1n) is 11.5. The second-order valence-corrected chi connectivity index (χ2v) is 9.44. The van der Waals surface area contributed by atoms with Crippen molar-refractivity contribution in [1.82, 2.24) is 20.0 Å². The summed E-state index contributed by atoms with van der Waals surface area (Å²) in [6, 6.07) is 6.48. The summed E-state index contributed by atoms with van der Waals surface area (Å²) in [6.45, 7) is 5.70. The van der Waals surface area contributed by atoms with Crippen LogP contribution in [0.1, 0.15) is 53.6 Å². The molecule has 0 aromatic heterocycles. The molecule has 3 fully saturated rings. The Hall–Kier alpha value is -2.29. The van der Waals surface area contributed by atoms with E-state index in [1.54, 1.807) is 4.90 Å². The summed E-state index contributed by atoms with van der Waals surface area (Å²) >= 11 is 0. The standard InChI is InChI=1S/C23H31N5O3/c24-17-5-9-27(10-6-17)18-7-8-26(14-18)12-15-1-2-19-16(11-15)13-28(23(19)31)20-3-4-21(29)25-22(20)30/h1-2,11,17-18,20H,3-10,12-14,24H2,(H,25,29,30). The number of amides is 3. The number of piperidine rings is 2. The van der Waals surface area contributed by atoms with Gasteiger partial charge >= 0.3 is 0 Å². The van der Waals surface area contributed by atoms with Gasteiger partial charge in [0.2, 0.25) is 11.8 Å². The molecule has 8 heteroatoms. The minimum absolute atomic E-state index is 0.111. The fraction of sp³-hybridized carbons (Fsp3) is 0.609. The number of nitrogens with two attached hydrogens (primary N) is 1. The van der Waals surface area contributed by atoms with E-state index in [2.05, 4.69) is 21.2 Å². The van der Waals surface area contributed by atoms with Gasteiger partial charge in [0.05, 0.1) is 0 Å². The van der Waals surface area contributed by atoms with Crippen molar-refractivity contribution in [2.75, 3.05) is 26.2 Å². The SMILES string of the molecule is NC1CCN(C2CCN(Cc3ccc4c(c3)CN(C3CCC(=O)NC3=O)C4=O)C2)CC1. The van der Waals surface area contributed by atoms with E-state index in [9.17, 15) is 14.4 Å². The molecular weight excluding hydrogens is 394 g/mol. The second kappa shape index (κ2) is 8.33. The van der Waals surface area contributed by atoms with Crippen LogP contribution in [0.15, 0.2) is 18.2 Å². The van der Waals surface area contributed by atoms with Gasteiger partial charge in [0.25, 0.3) is 5.91 Å². The Kier molecular flexibility index (Phi) is 5.54. The van der Waals surface area contributed by atoms with Crippen molar-refractivity contribution in [3.05, 3.63) is 34.9 Å². The highest BCUT2D eigenvalue weighted by atomic mass is 16.2. The van der Waals surface area contributed by atoms with Gasteiger partial charge in [-0.25, -0.2) is 0 Å². The van der Waals surface area contributed by atoms with Crippen molar-refractivity contribution >= 4 is 17.7 Å². The molecule has 0 radical (unpaired) electrons. The highest BCUT2D eigenvalue weighted by Gasteiger charge is 2.39. The Balaban J connectivity index is 1.21. The number of benzene rings is 1. The van der Waals surface area contributed by atoms with Gasteiger partial charge in [-0.3, -0.25) is 29.5 Å². The first-order valence-corrected chi connectivity index (χ1v) is 11.5. The van der Waals surface area contributed by atoms with Gasteiger partial charge in [-0.2, -0.15) is 0 Å². The molecule has 4 aliphatic rings. The third kappa shape index (κ3) is 4.12. The summed E-state index contributed by atoms with van der Waals surface area (Å²) in [5.41, 5.74) is 8.91. The van der Waals surface area contributed by atoms with Crippen LogP contribution in [0.2, 0.25) is 0 Å². The summed E-state index contributed by atoms with van der Waals surface area (Å²) in [7, 11) is 0. The molecule has 31 heavy (non-hydrogen) atoms. The lowest BCUT2D eigenvalue weighted by molar-refractivity contribution is -0.136. The fourth-order valence-corrected chi connectivity index (χ4v) is 5.52. The molecule has 5 rings (SSSR count). The molecule has 166 valence electrons. The Bertz CT molecular complexity index is 895. The Morgan fingerprint density at radius 2 is 1.84 bits per heavy atom. The number of hydrogen-bond acceptors (Lipinski definition) is 6. The van der Waals surface area contributed by atoms with E-state index in [0.717, 1.165) is 51.1 Å². The highest BCUT2D eigenvalue weighted by Crippen LogP contribution is 2.29. The number of likely N-dealkylation sites (tertiary alicyclic amines) is 2. The van der Waals surface area contributed by atoms with Crippen LogP contribution < -0.4 is 11.1 Å². The van der Waals surface area contributed by atoms with Crippen molar-refractivity contribution in [3.8, 4) is 0 Å². The zero-order valence-electron chi connectivity index (χ0n) is 17.9. The number of imide groups is 1. The predicted octanol–water partition coefficient (Wildman–Crippen LogP) is 0.445. The maximum absolute atomic E-state index is 12.9. The lowest BCUT2D eigenvalue weighted by Gasteiger charge is -2.34. The molecule has 3 N–H and O–H groups in total. The van der Waals surface area contributed by atoms with Gasteiger partial charge < -0.3 is 10.6 Å². The van der Waals surface area contributed by atoms with Crippen LogP contribution in [0.25, 0.3) is 0 Å². The van der Waals surface area contributed by atoms with Crippen molar-refractivity contribution in [3.63, 3.8) is 0 Å². The minimum Gasteiger partial charge on any atom is -0.328 e. The van der Waals surface area contributed by atoms with E-state index >= 15 is 0 Å². The Morgan fingerprint density at radius 3 is 2.61 bits per heavy atom. The lowest BCUT2D eigenvalue weighted by Crippen LogP contribution is -2.52. The zero-order valence-corrected chi connectivity index (χ0v) is 17.9. The monoisotopic (exact) mass is 425 g/mol. The van der Waals surface area contributed by atoms with Crippen molar-refractivity contribution in [2.45, 2.75) is 63.3 Å². The van der Waals surface area contributed by atoms with Gasteiger partial charge in [0.1, 0.15) is 6.04 Å². The largest absolute Gasteiger partial charge is 0.328 e. The average Bonchev–Trinajstić information content (AvgIpc) is 3.33. The molecule has 0 spiro atoms. The predicted molar refractivity (Wildman–Crippen MR) is 115 cm³/mol. The van der Waals surface area contributed by atoms with Crippen LogP contribution >= 0.6 is 0 Å². The minimum atomic E-state index is -0.557. The first-order chi connectivity index (χ1) is 15.0. The number of nitrogens with one attached hydrogen (secondary N) is 1. The number of carbonyl (C=O) groups excluding carboxylic acids is 3. The molecular formula is C23H31N5O3. The average molecular weight is 426 g/mol. The van der Waals surface area contributed by atoms with Gasteiger partial charge in [-0.05, 0) is 56.0 Å². The fourth-order valence-electron chi connectivity index (χ4n) is 5.52. The smallest absolute Gasteiger partial charge is 0.255 e. The first kappa shape index (κ1) is 20.6.